The average molecular weight is 433 g/mol. The van der Waals surface area contributed by atoms with Crippen molar-refractivity contribution >= 4 is 37.8 Å². The molecule has 0 heterocycles. The molecule has 21 heavy (non-hydrogen) atoms. The fourth-order valence-corrected chi connectivity index (χ4v) is 2.65. The molecule has 3 nitrogen and oxygen atoms in total. The van der Waals surface area contributed by atoms with Crippen molar-refractivity contribution in [3.8, 4) is 0 Å². The van der Waals surface area contributed by atoms with Crippen LogP contribution in [0.25, 0.3) is 0 Å². The van der Waals surface area contributed by atoms with Crippen molar-refractivity contribution in [3.63, 3.8) is 0 Å². The summed E-state index contributed by atoms with van der Waals surface area (Å²) in [6.45, 7) is 0.286. The number of carbonyl (C=O) groups is 1. The van der Waals surface area contributed by atoms with E-state index >= 15 is 0 Å². The summed E-state index contributed by atoms with van der Waals surface area (Å²) in [6.07, 6.45) is -3.88. The molecule has 0 fully saturated rings. The molecule has 1 atom stereocenters. The van der Waals surface area contributed by atoms with Crippen LogP contribution >= 0.6 is 31.9 Å². The Bertz CT molecular complexity index is 489. The molecule has 1 rings (SSSR count). The third-order valence-electron chi connectivity index (χ3n) is 2.70. The summed E-state index contributed by atoms with van der Waals surface area (Å²) in [4.78, 5) is 12.1. The molecule has 0 aliphatic carbocycles. The van der Waals surface area contributed by atoms with E-state index in [0.29, 0.717) is 16.2 Å². The zero-order valence-electron chi connectivity index (χ0n) is 11.1. The summed E-state index contributed by atoms with van der Waals surface area (Å²) in [5.74, 6) is -0.573. The maximum atomic E-state index is 12.7. The van der Waals surface area contributed by atoms with Crippen LogP contribution in [0.2, 0.25) is 0 Å². The van der Waals surface area contributed by atoms with Crippen LogP contribution in [0.3, 0.4) is 0 Å². The number of nitrogens with one attached hydrogen (secondary N) is 1. The molecule has 0 saturated heterocycles. The van der Waals surface area contributed by atoms with Crippen LogP contribution < -0.4 is 5.32 Å². The van der Waals surface area contributed by atoms with Crippen LogP contribution in [-0.4, -0.2) is 31.0 Å². The van der Waals surface area contributed by atoms with Crippen LogP contribution in [-0.2, 0) is 10.9 Å². The topological polar surface area (TPSA) is 38.3 Å². The molecule has 0 aliphatic rings. The molecule has 1 aromatic carbocycles. The van der Waals surface area contributed by atoms with E-state index < -0.39 is 17.6 Å². The van der Waals surface area contributed by atoms with Crippen LogP contribution in [0.5, 0.6) is 0 Å². The van der Waals surface area contributed by atoms with Gasteiger partial charge in [0.25, 0.3) is 5.91 Å². The van der Waals surface area contributed by atoms with Crippen LogP contribution in [0.15, 0.2) is 22.7 Å². The highest BCUT2D eigenvalue weighted by Crippen LogP contribution is 2.31. The first-order chi connectivity index (χ1) is 9.79. The Balaban J connectivity index is 2.95. The lowest BCUT2D eigenvalue weighted by molar-refractivity contribution is -0.137. The van der Waals surface area contributed by atoms with Crippen molar-refractivity contribution in [2.45, 2.75) is 18.6 Å². The molecule has 0 saturated carbocycles. The number of halogens is 5. The SMILES string of the molecule is COCC(CCBr)NC(=O)c1cc(C(F)(F)F)ccc1Br. The van der Waals surface area contributed by atoms with Crippen molar-refractivity contribution in [2.75, 3.05) is 19.0 Å². The molecule has 0 aliphatic heterocycles. The second-order valence-electron chi connectivity index (χ2n) is 4.30. The highest BCUT2D eigenvalue weighted by Gasteiger charge is 2.31. The molecule has 1 amide bonds. The number of carbonyl (C=O) groups excluding carboxylic acids is 1. The summed E-state index contributed by atoms with van der Waals surface area (Å²) >= 11 is 6.35. The van der Waals surface area contributed by atoms with Crippen LogP contribution in [0.1, 0.15) is 22.3 Å². The predicted molar refractivity (Wildman–Crippen MR) is 80.7 cm³/mol. The number of rotatable bonds is 6. The highest BCUT2D eigenvalue weighted by molar-refractivity contribution is 9.10. The Kier molecular flexibility index (Phi) is 7.15. The number of ether oxygens (including phenoxy) is 1. The van der Waals surface area contributed by atoms with Gasteiger partial charge in [-0.15, -0.1) is 0 Å². The second-order valence-corrected chi connectivity index (χ2v) is 5.94. The van der Waals surface area contributed by atoms with Gasteiger partial charge >= 0.3 is 6.18 Å². The van der Waals surface area contributed by atoms with Crippen molar-refractivity contribution in [3.05, 3.63) is 33.8 Å². The fourth-order valence-electron chi connectivity index (χ4n) is 1.67. The molecular weight excluding hydrogens is 419 g/mol. The number of hydrogen-bond donors (Lipinski definition) is 1. The van der Waals surface area contributed by atoms with E-state index in [2.05, 4.69) is 37.2 Å². The lowest BCUT2D eigenvalue weighted by Crippen LogP contribution is -2.38. The van der Waals surface area contributed by atoms with Gasteiger partial charge < -0.3 is 10.1 Å². The maximum absolute atomic E-state index is 12.7. The Labute approximate surface area is 137 Å². The van der Waals surface area contributed by atoms with Crippen molar-refractivity contribution in [1.29, 1.82) is 0 Å². The maximum Gasteiger partial charge on any atom is 0.416 e. The molecular formula is C13H14Br2F3NO2. The Morgan fingerprint density at radius 1 is 1.43 bits per heavy atom. The smallest absolute Gasteiger partial charge is 0.383 e. The largest absolute Gasteiger partial charge is 0.416 e. The third-order valence-corrected chi connectivity index (χ3v) is 3.85. The van der Waals surface area contributed by atoms with E-state index in [9.17, 15) is 18.0 Å². The highest BCUT2D eigenvalue weighted by atomic mass is 79.9. The van der Waals surface area contributed by atoms with Crippen molar-refractivity contribution in [2.24, 2.45) is 0 Å². The fraction of sp³-hybridized carbons (Fsp3) is 0.462. The predicted octanol–water partition coefficient (Wildman–Crippen LogP) is 4.00. The van der Waals surface area contributed by atoms with Crippen LogP contribution in [0, 0.1) is 0 Å². The van der Waals surface area contributed by atoms with Gasteiger partial charge in [0.2, 0.25) is 0 Å². The van der Waals surface area contributed by atoms with Gasteiger partial charge in [-0.3, -0.25) is 4.79 Å². The first kappa shape index (κ1) is 18.4. The lowest BCUT2D eigenvalue weighted by atomic mass is 10.1. The first-order valence-electron chi connectivity index (χ1n) is 6.02. The second kappa shape index (κ2) is 8.14. The summed E-state index contributed by atoms with van der Waals surface area (Å²) in [6, 6.07) is 2.69. The van der Waals surface area contributed by atoms with Gasteiger partial charge in [-0.2, -0.15) is 13.2 Å². The number of methoxy groups -OCH3 is 1. The zero-order valence-corrected chi connectivity index (χ0v) is 14.3. The molecule has 0 radical (unpaired) electrons. The van der Waals surface area contributed by atoms with Gasteiger partial charge in [-0.25, -0.2) is 0 Å². The Morgan fingerprint density at radius 2 is 2.10 bits per heavy atom. The number of benzene rings is 1. The first-order valence-corrected chi connectivity index (χ1v) is 7.93. The minimum Gasteiger partial charge on any atom is -0.383 e. The molecule has 118 valence electrons. The summed E-state index contributed by atoms with van der Waals surface area (Å²) in [5, 5.41) is 3.31. The summed E-state index contributed by atoms with van der Waals surface area (Å²) in [7, 11) is 1.49. The van der Waals surface area contributed by atoms with Gasteiger partial charge in [-0.1, -0.05) is 15.9 Å². The van der Waals surface area contributed by atoms with Crippen molar-refractivity contribution < 1.29 is 22.7 Å². The minimum absolute atomic E-state index is 0.0551. The van der Waals surface area contributed by atoms with Gasteiger partial charge in [0.1, 0.15) is 0 Å². The Hall–Kier alpha value is -0.600. The van der Waals surface area contributed by atoms with E-state index in [1.54, 1.807) is 0 Å². The standard InChI is InChI=1S/C13H14Br2F3NO2/c1-21-7-9(4-5-14)19-12(20)10-6-8(13(16,17)18)2-3-11(10)15/h2-3,6,9H,4-5,7H2,1H3,(H,19,20). The number of hydrogen-bond acceptors (Lipinski definition) is 2. The average Bonchev–Trinajstić information content (AvgIpc) is 2.38. The quantitative estimate of drug-likeness (QED) is 0.690. The van der Waals surface area contributed by atoms with Gasteiger partial charge in [0.15, 0.2) is 0 Å². The van der Waals surface area contributed by atoms with Gasteiger partial charge in [-0.05, 0) is 40.5 Å². The summed E-state index contributed by atoms with van der Waals surface area (Å²) in [5.41, 5.74) is -0.917. The monoisotopic (exact) mass is 431 g/mol. The van der Waals surface area contributed by atoms with E-state index in [-0.39, 0.29) is 18.2 Å². The summed E-state index contributed by atoms with van der Waals surface area (Å²) < 4.78 is 43.4. The molecule has 8 heteroatoms. The van der Waals surface area contributed by atoms with Crippen LogP contribution in [0.4, 0.5) is 13.2 Å². The molecule has 1 N–H and O–H groups in total. The lowest BCUT2D eigenvalue weighted by Gasteiger charge is -2.18. The molecule has 1 aromatic rings. The zero-order chi connectivity index (χ0) is 16.0. The van der Waals surface area contributed by atoms with E-state index in [1.807, 2.05) is 0 Å². The normalized spacial score (nSPS) is 13.0. The van der Waals surface area contributed by atoms with E-state index in [4.69, 9.17) is 4.74 Å². The molecule has 1 unspecified atom stereocenters. The molecule has 0 spiro atoms. The number of alkyl halides is 4. The van der Waals surface area contributed by atoms with E-state index in [1.165, 1.54) is 13.2 Å². The van der Waals surface area contributed by atoms with Gasteiger partial charge in [0, 0.05) is 16.9 Å². The third kappa shape index (κ3) is 5.60. The Morgan fingerprint density at radius 3 is 2.62 bits per heavy atom. The van der Waals surface area contributed by atoms with Crippen molar-refractivity contribution in [1.82, 2.24) is 5.32 Å². The van der Waals surface area contributed by atoms with Gasteiger partial charge in [0.05, 0.1) is 23.8 Å². The number of amides is 1. The minimum atomic E-state index is -4.49. The molecule has 0 aromatic heterocycles. The molecule has 0 bridgehead atoms. The van der Waals surface area contributed by atoms with E-state index in [0.717, 1.165) is 12.1 Å².